The maximum Gasteiger partial charge on any atom is 0.310 e. The van der Waals surface area contributed by atoms with Crippen LogP contribution in [0.5, 0.6) is 0 Å². The molecule has 5 heteroatoms. The van der Waals surface area contributed by atoms with Crippen LogP contribution in [0.1, 0.15) is 6.42 Å². The van der Waals surface area contributed by atoms with E-state index < -0.39 is 0 Å². The Morgan fingerprint density at radius 2 is 2.29 bits per heavy atom. The number of anilines is 2. The van der Waals surface area contributed by atoms with Crippen LogP contribution in [0.15, 0.2) is 18.2 Å². The highest BCUT2D eigenvalue weighted by molar-refractivity contribution is 5.74. The molecule has 1 aromatic rings. The summed E-state index contributed by atoms with van der Waals surface area (Å²) in [5.74, 6) is -0.706. The lowest BCUT2D eigenvalue weighted by Gasteiger charge is -2.18. The average Bonchev–Trinajstić information content (AvgIpc) is 2.76. The van der Waals surface area contributed by atoms with Crippen molar-refractivity contribution in [2.45, 2.75) is 6.42 Å². The molecule has 0 aromatic heterocycles. The molecule has 2 rings (SSSR count). The molecule has 1 aliphatic rings. The third kappa shape index (κ3) is 2.49. The second-order valence-electron chi connectivity index (χ2n) is 4.20. The highest BCUT2D eigenvalue weighted by atomic mass is 19.1. The maximum atomic E-state index is 13.2. The van der Waals surface area contributed by atoms with Gasteiger partial charge in [0.15, 0.2) is 0 Å². The molecule has 1 saturated heterocycles. The highest BCUT2D eigenvalue weighted by Crippen LogP contribution is 2.26. The minimum atomic E-state index is -0.360. The Hall–Kier alpha value is -1.78. The Kier molecular flexibility index (Phi) is 3.17. The molecule has 2 N–H and O–H groups in total. The van der Waals surface area contributed by atoms with Crippen LogP contribution in [0.2, 0.25) is 0 Å². The number of nitrogens with zero attached hydrogens (tertiary/aromatic N) is 1. The molecule has 1 heterocycles. The maximum absolute atomic E-state index is 13.2. The van der Waals surface area contributed by atoms with E-state index >= 15 is 0 Å². The molecule has 1 unspecified atom stereocenters. The SMILES string of the molecule is COC(=O)C1CCN(c2cc(N)cc(F)c2)C1. The third-order valence-electron chi connectivity index (χ3n) is 2.99. The van der Waals surface area contributed by atoms with E-state index in [2.05, 4.69) is 0 Å². The third-order valence-corrected chi connectivity index (χ3v) is 2.99. The van der Waals surface area contributed by atoms with E-state index in [9.17, 15) is 9.18 Å². The van der Waals surface area contributed by atoms with E-state index in [1.165, 1.54) is 19.2 Å². The largest absolute Gasteiger partial charge is 0.469 e. The van der Waals surface area contributed by atoms with Crippen molar-refractivity contribution in [3.05, 3.63) is 24.0 Å². The minimum Gasteiger partial charge on any atom is -0.469 e. The number of hydrogen-bond acceptors (Lipinski definition) is 4. The summed E-state index contributed by atoms with van der Waals surface area (Å²) in [7, 11) is 1.38. The zero-order chi connectivity index (χ0) is 12.4. The van der Waals surface area contributed by atoms with Gasteiger partial charge < -0.3 is 15.4 Å². The van der Waals surface area contributed by atoms with Gasteiger partial charge in [-0.1, -0.05) is 0 Å². The van der Waals surface area contributed by atoms with Crippen LogP contribution in [-0.2, 0) is 9.53 Å². The van der Waals surface area contributed by atoms with Crippen LogP contribution in [0, 0.1) is 11.7 Å². The zero-order valence-corrected chi connectivity index (χ0v) is 9.65. The van der Waals surface area contributed by atoms with Crippen molar-refractivity contribution >= 4 is 17.3 Å². The lowest BCUT2D eigenvalue weighted by Crippen LogP contribution is -2.23. The second-order valence-corrected chi connectivity index (χ2v) is 4.20. The van der Waals surface area contributed by atoms with Crippen molar-refractivity contribution in [2.24, 2.45) is 5.92 Å². The van der Waals surface area contributed by atoms with E-state index in [4.69, 9.17) is 10.5 Å². The summed E-state index contributed by atoms with van der Waals surface area (Å²) >= 11 is 0. The molecule has 92 valence electrons. The molecule has 1 aliphatic heterocycles. The fourth-order valence-corrected chi connectivity index (χ4v) is 2.13. The number of carbonyl (C=O) groups is 1. The van der Waals surface area contributed by atoms with Gasteiger partial charge in [-0.05, 0) is 24.6 Å². The molecule has 17 heavy (non-hydrogen) atoms. The molecular weight excluding hydrogens is 223 g/mol. The number of esters is 1. The quantitative estimate of drug-likeness (QED) is 0.625. The van der Waals surface area contributed by atoms with Gasteiger partial charge in [0, 0.05) is 24.5 Å². The summed E-state index contributed by atoms with van der Waals surface area (Å²) in [6.07, 6.45) is 0.725. The average molecular weight is 238 g/mol. The molecule has 1 atom stereocenters. The van der Waals surface area contributed by atoms with Gasteiger partial charge in [0.25, 0.3) is 0 Å². The first-order valence-corrected chi connectivity index (χ1v) is 5.49. The summed E-state index contributed by atoms with van der Waals surface area (Å²) in [5, 5.41) is 0. The van der Waals surface area contributed by atoms with Gasteiger partial charge in [0.1, 0.15) is 5.82 Å². The number of hydrogen-bond donors (Lipinski definition) is 1. The predicted octanol–water partition coefficient (Wildman–Crippen LogP) is 1.41. The van der Waals surface area contributed by atoms with Crippen molar-refractivity contribution in [1.29, 1.82) is 0 Å². The Morgan fingerprint density at radius 3 is 2.94 bits per heavy atom. The molecule has 0 bridgehead atoms. The number of carbonyl (C=O) groups excluding carboxylic acids is 1. The van der Waals surface area contributed by atoms with Gasteiger partial charge in [-0.3, -0.25) is 4.79 Å². The number of nitrogen functional groups attached to an aromatic ring is 1. The fraction of sp³-hybridized carbons (Fsp3) is 0.417. The number of ether oxygens (including phenoxy) is 1. The number of benzene rings is 1. The number of halogens is 1. The van der Waals surface area contributed by atoms with Crippen molar-refractivity contribution in [3.8, 4) is 0 Å². The summed E-state index contributed by atoms with van der Waals surface area (Å²) in [4.78, 5) is 13.3. The smallest absolute Gasteiger partial charge is 0.310 e. The molecule has 0 amide bonds. The van der Waals surface area contributed by atoms with Crippen molar-refractivity contribution in [1.82, 2.24) is 0 Å². The first kappa shape index (κ1) is 11.7. The molecule has 0 aliphatic carbocycles. The van der Waals surface area contributed by atoms with Crippen LogP contribution in [0.3, 0.4) is 0 Å². The molecular formula is C12H15FN2O2. The molecule has 1 fully saturated rings. The molecule has 0 spiro atoms. The van der Waals surface area contributed by atoms with Gasteiger partial charge in [-0.25, -0.2) is 4.39 Å². The van der Waals surface area contributed by atoms with Crippen LogP contribution in [0.25, 0.3) is 0 Å². The summed E-state index contributed by atoms with van der Waals surface area (Å²) in [6, 6.07) is 4.41. The van der Waals surface area contributed by atoms with Gasteiger partial charge in [-0.2, -0.15) is 0 Å². The van der Waals surface area contributed by atoms with Crippen molar-refractivity contribution in [3.63, 3.8) is 0 Å². The van der Waals surface area contributed by atoms with E-state index in [1.54, 1.807) is 6.07 Å². The lowest BCUT2D eigenvalue weighted by atomic mass is 10.1. The Balaban J connectivity index is 2.12. The molecule has 0 radical (unpaired) electrons. The van der Waals surface area contributed by atoms with Crippen LogP contribution < -0.4 is 10.6 Å². The Bertz CT molecular complexity index is 416. The topological polar surface area (TPSA) is 55.6 Å². The van der Waals surface area contributed by atoms with Crippen LogP contribution in [-0.4, -0.2) is 26.2 Å². The van der Waals surface area contributed by atoms with Gasteiger partial charge in [0.05, 0.1) is 13.0 Å². The Labute approximate surface area is 99.2 Å². The van der Waals surface area contributed by atoms with Crippen molar-refractivity contribution in [2.75, 3.05) is 30.8 Å². The van der Waals surface area contributed by atoms with Crippen LogP contribution in [0.4, 0.5) is 15.8 Å². The Morgan fingerprint density at radius 1 is 1.53 bits per heavy atom. The summed E-state index contributed by atoms with van der Waals surface area (Å²) < 4.78 is 17.9. The highest BCUT2D eigenvalue weighted by Gasteiger charge is 2.29. The fourth-order valence-electron chi connectivity index (χ4n) is 2.13. The number of nitrogens with two attached hydrogens (primary N) is 1. The zero-order valence-electron chi connectivity index (χ0n) is 9.65. The first-order chi connectivity index (χ1) is 8.10. The summed E-state index contributed by atoms with van der Waals surface area (Å²) in [6.45, 7) is 1.26. The van der Waals surface area contributed by atoms with Crippen molar-refractivity contribution < 1.29 is 13.9 Å². The van der Waals surface area contributed by atoms with E-state index in [0.29, 0.717) is 24.5 Å². The van der Waals surface area contributed by atoms with E-state index in [-0.39, 0.29) is 17.7 Å². The van der Waals surface area contributed by atoms with Crippen LogP contribution >= 0.6 is 0 Å². The normalized spacial score (nSPS) is 19.4. The monoisotopic (exact) mass is 238 g/mol. The molecule has 4 nitrogen and oxygen atoms in total. The summed E-state index contributed by atoms with van der Waals surface area (Å²) in [5.41, 5.74) is 6.70. The second kappa shape index (κ2) is 4.61. The van der Waals surface area contributed by atoms with Gasteiger partial charge >= 0.3 is 5.97 Å². The minimum absolute atomic E-state index is 0.135. The first-order valence-electron chi connectivity index (χ1n) is 5.49. The van der Waals surface area contributed by atoms with Gasteiger partial charge in [0.2, 0.25) is 0 Å². The molecule has 1 aromatic carbocycles. The van der Waals surface area contributed by atoms with E-state index in [1.807, 2.05) is 4.90 Å². The van der Waals surface area contributed by atoms with E-state index in [0.717, 1.165) is 6.42 Å². The number of methoxy groups -OCH3 is 1. The standard InChI is InChI=1S/C12H15FN2O2/c1-17-12(16)8-2-3-15(7-8)11-5-9(13)4-10(14)6-11/h4-6,8H,2-3,7,14H2,1H3. The molecule has 0 saturated carbocycles. The predicted molar refractivity (Wildman–Crippen MR) is 63.1 cm³/mol. The number of rotatable bonds is 2. The van der Waals surface area contributed by atoms with Gasteiger partial charge in [-0.15, -0.1) is 0 Å². The lowest BCUT2D eigenvalue weighted by molar-refractivity contribution is -0.144.